The Morgan fingerprint density at radius 2 is 1.87 bits per heavy atom. The molecule has 1 N–H and O–H groups in total. The summed E-state index contributed by atoms with van der Waals surface area (Å²) < 4.78 is 38.0. The number of nitrogens with zero attached hydrogens (tertiary/aromatic N) is 5. The number of piperazine rings is 1. The molecule has 31 heavy (non-hydrogen) atoms. The standard InChI is InChI=1S/C19H25N5O5S2/c1-12-20-19-24(21-12)18(25)17(30-19)15(13-6-5-7-14(28-2)16(13)29-3)22-8-10-23(11-9-22)31(4,26)27/h5-7,15,25H,8-11H2,1-4H3/t15-/m1/s1. The third kappa shape index (κ3) is 3.95. The number of ether oxygens (including phenoxy) is 2. The Kier molecular flexibility index (Phi) is 5.81. The second kappa shape index (κ2) is 8.26. The fourth-order valence-electron chi connectivity index (χ4n) is 3.95. The quantitative estimate of drug-likeness (QED) is 0.581. The second-order valence-corrected chi connectivity index (χ2v) is 10.3. The lowest BCUT2D eigenvalue weighted by Gasteiger charge is -2.38. The summed E-state index contributed by atoms with van der Waals surface area (Å²) >= 11 is 1.35. The van der Waals surface area contributed by atoms with Crippen molar-refractivity contribution in [3.63, 3.8) is 0 Å². The normalized spacial score (nSPS) is 17.2. The molecule has 1 aromatic carbocycles. The average Bonchev–Trinajstić information content (AvgIpc) is 3.25. The van der Waals surface area contributed by atoms with Gasteiger partial charge in [-0.05, 0) is 13.0 Å². The summed E-state index contributed by atoms with van der Waals surface area (Å²) in [5.41, 5.74) is 0.811. The maximum Gasteiger partial charge on any atom is 0.230 e. The fraction of sp³-hybridized carbons (Fsp3) is 0.474. The topological polar surface area (TPSA) is 110 Å². The Morgan fingerprint density at radius 1 is 1.16 bits per heavy atom. The monoisotopic (exact) mass is 467 g/mol. The molecule has 0 spiro atoms. The lowest BCUT2D eigenvalue weighted by molar-refractivity contribution is 0.153. The first-order chi connectivity index (χ1) is 14.7. The van der Waals surface area contributed by atoms with E-state index in [0.717, 1.165) is 5.56 Å². The molecule has 0 saturated carbocycles. The summed E-state index contributed by atoms with van der Waals surface area (Å²) in [6.07, 6.45) is 1.22. The Labute approximate surface area is 184 Å². The smallest absolute Gasteiger partial charge is 0.230 e. The van der Waals surface area contributed by atoms with Crippen molar-refractivity contribution in [1.29, 1.82) is 0 Å². The SMILES string of the molecule is COc1cccc([C@H](c2sc3nc(C)nn3c2O)N2CCN(S(C)(=O)=O)CC2)c1OC. The largest absolute Gasteiger partial charge is 0.493 e. The van der Waals surface area contributed by atoms with Gasteiger partial charge in [-0.15, -0.1) is 5.10 Å². The van der Waals surface area contributed by atoms with Crippen LogP contribution in [0, 0.1) is 6.92 Å². The number of aryl methyl sites for hydroxylation is 1. The van der Waals surface area contributed by atoms with Crippen LogP contribution in [-0.2, 0) is 10.0 Å². The van der Waals surface area contributed by atoms with Crippen LogP contribution in [0.1, 0.15) is 22.3 Å². The predicted octanol–water partition coefficient (Wildman–Crippen LogP) is 1.49. The van der Waals surface area contributed by atoms with Gasteiger partial charge in [0, 0.05) is 31.7 Å². The maximum absolute atomic E-state index is 12.0. The van der Waals surface area contributed by atoms with Crippen LogP contribution in [0.15, 0.2) is 18.2 Å². The van der Waals surface area contributed by atoms with Crippen molar-refractivity contribution in [2.24, 2.45) is 0 Å². The van der Waals surface area contributed by atoms with Gasteiger partial charge >= 0.3 is 0 Å². The number of aromatic nitrogens is 3. The molecule has 1 aliphatic heterocycles. The van der Waals surface area contributed by atoms with Crippen molar-refractivity contribution in [3.8, 4) is 17.4 Å². The van der Waals surface area contributed by atoms with Crippen LogP contribution >= 0.6 is 11.3 Å². The van der Waals surface area contributed by atoms with E-state index < -0.39 is 10.0 Å². The zero-order valence-electron chi connectivity index (χ0n) is 17.8. The zero-order valence-corrected chi connectivity index (χ0v) is 19.4. The fourth-order valence-corrected chi connectivity index (χ4v) is 5.93. The number of rotatable bonds is 6. The highest BCUT2D eigenvalue weighted by Gasteiger charge is 2.35. The van der Waals surface area contributed by atoms with Crippen LogP contribution < -0.4 is 9.47 Å². The van der Waals surface area contributed by atoms with Gasteiger partial charge in [-0.1, -0.05) is 23.5 Å². The number of hydrogen-bond acceptors (Lipinski definition) is 9. The minimum Gasteiger partial charge on any atom is -0.493 e. The van der Waals surface area contributed by atoms with E-state index in [9.17, 15) is 13.5 Å². The van der Waals surface area contributed by atoms with Crippen LogP contribution in [-0.4, -0.2) is 84.0 Å². The van der Waals surface area contributed by atoms with Gasteiger partial charge in [0.2, 0.25) is 20.9 Å². The van der Waals surface area contributed by atoms with Crippen molar-refractivity contribution in [2.45, 2.75) is 13.0 Å². The molecule has 4 rings (SSSR count). The van der Waals surface area contributed by atoms with E-state index in [2.05, 4.69) is 15.0 Å². The minimum absolute atomic E-state index is 0.0148. The lowest BCUT2D eigenvalue weighted by Crippen LogP contribution is -2.49. The third-order valence-corrected chi connectivity index (χ3v) is 7.77. The van der Waals surface area contributed by atoms with Gasteiger partial charge in [0.15, 0.2) is 11.5 Å². The van der Waals surface area contributed by atoms with E-state index in [0.29, 0.717) is 53.3 Å². The molecule has 1 atom stereocenters. The molecule has 12 heteroatoms. The summed E-state index contributed by atoms with van der Waals surface area (Å²) in [7, 11) is -0.111. The molecule has 10 nitrogen and oxygen atoms in total. The van der Waals surface area contributed by atoms with E-state index in [1.807, 2.05) is 18.2 Å². The predicted molar refractivity (Wildman–Crippen MR) is 117 cm³/mol. The Bertz CT molecular complexity index is 1200. The molecule has 168 valence electrons. The Balaban J connectivity index is 1.82. The van der Waals surface area contributed by atoms with Crippen molar-refractivity contribution >= 4 is 26.3 Å². The molecule has 1 saturated heterocycles. The number of para-hydroxylation sites is 1. The van der Waals surface area contributed by atoms with Gasteiger partial charge in [0.1, 0.15) is 5.82 Å². The van der Waals surface area contributed by atoms with Crippen molar-refractivity contribution in [3.05, 3.63) is 34.5 Å². The van der Waals surface area contributed by atoms with E-state index in [4.69, 9.17) is 9.47 Å². The Hall–Kier alpha value is -2.41. The van der Waals surface area contributed by atoms with Crippen molar-refractivity contribution in [2.75, 3.05) is 46.7 Å². The van der Waals surface area contributed by atoms with E-state index in [1.165, 1.54) is 26.4 Å². The number of fused-ring (bicyclic) bond motifs is 1. The van der Waals surface area contributed by atoms with Crippen LogP contribution in [0.5, 0.6) is 17.4 Å². The number of aromatic hydroxyl groups is 1. The van der Waals surface area contributed by atoms with Gasteiger partial charge in [-0.2, -0.15) is 8.82 Å². The van der Waals surface area contributed by atoms with E-state index in [1.54, 1.807) is 21.1 Å². The molecular formula is C19H25N5O5S2. The molecular weight excluding hydrogens is 442 g/mol. The average molecular weight is 468 g/mol. The minimum atomic E-state index is -3.26. The molecule has 0 amide bonds. The van der Waals surface area contributed by atoms with Gasteiger partial charge in [-0.3, -0.25) is 4.90 Å². The Morgan fingerprint density at radius 3 is 2.45 bits per heavy atom. The van der Waals surface area contributed by atoms with Crippen LogP contribution in [0.25, 0.3) is 4.96 Å². The third-order valence-electron chi connectivity index (χ3n) is 5.39. The summed E-state index contributed by atoms with van der Waals surface area (Å²) in [5, 5.41) is 15.3. The van der Waals surface area contributed by atoms with E-state index >= 15 is 0 Å². The second-order valence-electron chi connectivity index (χ2n) is 7.33. The number of benzene rings is 1. The van der Waals surface area contributed by atoms with Crippen molar-refractivity contribution in [1.82, 2.24) is 23.8 Å². The van der Waals surface area contributed by atoms with Crippen molar-refractivity contribution < 1.29 is 23.0 Å². The summed E-state index contributed by atoms with van der Waals surface area (Å²) in [6.45, 7) is 3.48. The number of sulfonamides is 1. The molecule has 3 aromatic rings. The van der Waals surface area contributed by atoms with Crippen LogP contribution in [0.4, 0.5) is 0 Å². The van der Waals surface area contributed by atoms with E-state index in [-0.39, 0.29) is 11.9 Å². The van der Waals surface area contributed by atoms with Gasteiger partial charge < -0.3 is 14.6 Å². The number of hydrogen-bond donors (Lipinski definition) is 1. The van der Waals surface area contributed by atoms with Gasteiger partial charge in [0.05, 0.1) is 31.4 Å². The molecule has 0 aliphatic carbocycles. The van der Waals surface area contributed by atoms with Gasteiger partial charge in [-0.25, -0.2) is 13.4 Å². The zero-order chi connectivity index (χ0) is 22.3. The summed E-state index contributed by atoms with van der Waals surface area (Å²) in [4.78, 5) is 7.77. The van der Waals surface area contributed by atoms with Crippen LogP contribution in [0.2, 0.25) is 0 Å². The number of thiazole rings is 1. The first-order valence-electron chi connectivity index (χ1n) is 9.69. The maximum atomic E-state index is 12.0. The number of methoxy groups -OCH3 is 2. The molecule has 1 aliphatic rings. The summed E-state index contributed by atoms with van der Waals surface area (Å²) in [6, 6.07) is 5.22. The highest BCUT2D eigenvalue weighted by Crippen LogP contribution is 2.45. The molecule has 2 aromatic heterocycles. The molecule has 3 heterocycles. The molecule has 0 bridgehead atoms. The summed E-state index contributed by atoms with van der Waals surface area (Å²) in [5.74, 6) is 1.73. The van der Waals surface area contributed by atoms with Gasteiger partial charge in [0.25, 0.3) is 0 Å². The first kappa shape index (κ1) is 21.8. The molecule has 0 radical (unpaired) electrons. The lowest BCUT2D eigenvalue weighted by atomic mass is 10.0. The molecule has 0 unspecified atom stereocenters. The highest BCUT2D eigenvalue weighted by atomic mass is 32.2. The highest BCUT2D eigenvalue weighted by molar-refractivity contribution is 7.88. The van der Waals surface area contributed by atoms with Crippen LogP contribution in [0.3, 0.4) is 0 Å². The first-order valence-corrected chi connectivity index (χ1v) is 12.4. The molecule has 1 fully saturated rings.